The number of hydrogen-bond donors (Lipinski definition) is 1. The normalized spacial score (nSPS) is 16.3. The molecule has 0 amide bonds. The molecule has 2 rings (SSSR count). The third-order valence-electron chi connectivity index (χ3n) is 2.50. The molecule has 0 fully saturated rings. The minimum atomic E-state index is 0.977. The van der Waals surface area contributed by atoms with E-state index in [2.05, 4.69) is 30.4 Å². The fourth-order valence-electron chi connectivity index (χ4n) is 1.58. The van der Waals surface area contributed by atoms with Crippen LogP contribution in [0.4, 0.5) is 0 Å². The highest BCUT2D eigenvalue weighted by atomic mass is 14.6. The zero-order valence-corrected chi connectivity index (χ0v) is 8.69. The highest BCUT2D eigenvalue weighted by Gasteiger charge is 1.99. The van der Waals surface area contributed by atoms with Crippen LogP contribution in [0.3, 0.4) is 0 Å². The molecule has 0 radical (unpaired) electrons. The maximum Gasteiger partial charge on any atom is 0.00838 e. The van der Waals surface area contributed by atoms with Gasteiger partial charge in [-0.15, -0.1) is 0 Å². The van der Waals surface area contributed by atoms with Gasteiger partial charge < -0.3 is 5.73 Å². The molecule has 0 spiro atoms. The van der Waals surface area contributed by atoms with Gasteiger partial charge in [-0.2, -0.15) is 0 Å². The second kappa shape index (κ2) is 4.65. The van der Waals surface area contributed by atoms with Gasteiger partial charge in [0.25, 0.3) is 0 Å². The standard InChI is InChI=1S/C14H15N/c15-14-10-8-13(9-11-14)7-6-12-4-2-1-3-5-12/h1-8,10H,9,11,15H2/b7-6+. The Morgan fingerprint density at radius 3 is 2.40 bits per heavy atom. The van der Waals surface area contributed by atoms with E-state index in [9.17, 15) is 0 Å². The van der Waals surface area contributed by atoms with E-state index in [1.165, 1.54) is 11.1 Å². The van der Waals surface area contributed by atoms with Crippen LogP contribution in [0.1, 0.15) is 18.4 Å². The summed E-state index contributed by atoms with van der Waals surface area (Å²) in [6.45, 7) is 0. The molecule has 76 valence electrons. The van der Waals surface area contributed by atoms with Crippen LogP contribution in [-0.2, 0) is 0 Å². The minimum Gasteiger partial charge on any atom is -0.402 e. The average molecular weight is 197 g/mol. The van der Waals surface area contributed by atoms with Crippen molar-refractivity contribution in [3.63, 3.8) is 0 Å². The summed E-state index contributed by atoms with van der Waals surface area (Å²) in [5.74, 6) is 0. The largest absolute Gasteiger partial charge is 0.402 e. The van der Waals surface area contributed by atoms with Gasteiger partial charge in [-0.1, -0.05) is 48.6 Å². The molecule has 2 N–H and O–H groups in total. The predicted octanol–water partition coefficient (Wildman–Crippen LogP) is 3.26. The van der Waals surface area contributed by atoms with Gasteiger partial charge in [0.2, 0.25) is 0 Å². The summed E-state index contributed by atoms with van der Waals surface area (Å²) in [6, 6.07) is 10.3. The minimum absolute atomic E-state index is 0.977. The van der Waals surface area contributed by atoms with Crippen LogP contribution in [0.25, 0.3) is 6.08 Å². The summed E-state index contributed by atoms with van der Waals surface area (Å²) in [5.41, 5.74) is 9.25. The molecule has 0 unspecified atom stereocenters. The molecule has 1 aromatic carbocycles. The smallest absolute Gasteiger partial charge is 0.00838 e. The molecule has 0 aromatic heterocycles. The quantitative estimate of drug-likeness (QED) is 0.773. The van der Waals surface area contributed by atoms with Gasteiger partial charge in [-0.3, -0.25) is 0 Å². The second-order valence-corrected chi connectivity index (χ2v) is 3.73. The summed E-state index contributed by atoms with van der Waals surface area (Å²) >= 11 is 0. The highest BCUT2D eigenvalue weighted by Crippen LogP contribution is 2.17. The molecule has 0 atom stereocenters. The molecule has 0 saturated carbocycles. The molecule has 0 aliphatic heterocycles. The Morgan fingerprint density at radius 1 is 0.933 bits per heavy atom. The summed E-state index contributed by atoms with van der Waals surface area (Å²) in [5, 5.41) is 0. The Morgan fingerprint density at radius 2 is 1.73 bits per heavy atom. The first-order valence-corrected chi connectivity index (χ1v) is 5.23. The number of nitrogens with two attached hydrogens (primary N) is 1. The van der Waals surface area contributed by atoms with Crippen molar-refractivity contribution in [1.82, 2.24) is 0 Å². The highest BCUT2D eigenvalue weighted by molar-refractivity contribution is 5.53. The van der Waals surface area contributed by atoms with Crippen LogP contribution in [0, 0.1) is 0 Å². The number of allylic oxidation sites excluding steroid dienone is 5. The molecular formula is C14H15N. The Kier molecular flexibility index (Phi) is 3.03. The Bertz CT molecular complexity index is 410. The predicted molar refractivity (Wildman–Crippen MR) is 65.1 cm³/mol. The van der Waals surface area contributed by atoms with Gasteiger partial charge in [0.1, 0.15) is 0 Å². The summed E-state index contributed by atoms with van der Waals surface area (Å²) in [4.78, 5) is 0. The Labute approximate surface area is 90.6 Å². The van der Waals surface area contributed by atoms with E-state index in [0.29, 0.717) is 0 Å². The van der Waals surface area contributed by atoms with Crippen LogP contribution in [-0.4, -0.2) is 0 Å². The van der Waals surface area contributed by atoms with E-state index in [-0.39, 0.29) is 0 Å². The maximum absolute atomic E-state index is 5.70. The lowest BCUT2D eigenvalue weighted by atomic mass is 10.0. The van der Waals surface area contributed by atoms with E-state index in [1.807, 2.05) is 24.3 Å². The van der Waals surface area contributed by atoms with Gasteiger partial charge in [0.15, 0.2) is 0 Å². The topological polar surface area (TPSA) is 26.0 Å². The van der Waals surface area contributed by atoms with Gasteiger partial charge in [0.05, 0.1) is 0 Å². The van der Waals surface area contributed by atoms with E-state index >= 15 is 0 Å². The third kappa shape index (κ3) is 2.84. The molecule has 15 heavy (non-hydrogen) atoms. The van der Waals surface area contributed by atoms with E-state index < -0.39 is 0 Å². The lowest BCUT2D eigenvalue weighted by Crippen LogP contribution is -2.00. The third-order valence-corrected chi connectivity index (χ3v) is 2.50. The van der Waals surface area contributed by atoms with Crippen molar-refractivity contribution in [3.8, 4) is 0 Å². The molecule has 0 bridgehead atoms. The average Bonchev–Trinajstić information content (AvgIpc) is 2.30. The van der Waals surface area contributed by atoms with Crippen LogP contribution in [0.15, 0.2) is 59.8 Å². The van der Waals surface area contributed by atoms with Gasteiger partial charge in [0, 0.05) is 5.70 Å². The number of hydrogen-bond acceptors (Lipinski definition) is 1. The first-order chi connectivity index (χ1) is 7.34. The van der Waals surface area contributed by atoms with Gasteiger partial charge in [-0.25, -0.2) is 0 Å². The van der Waals surface area contributed by atoms with Crippen LogP contribution in [0.5, 0.6) is 0 Å². The van der Waals surface area contributed by atoms with Gasteiger partial charge >= 0.3 is 0 Å². The van der Waals surface area contributed by atoms with Crippen molar-refractivity contribution < 1.29 is 0 Å². The summed E-state index contributed by atoms with van der Waals surface area (Å²) in [6.07, 6.45) is 10.4. The molecule has 1 aliphatic carbocycles. The second-order valence-electron chi connectivity index (χ2n) is 3.73. The van der Waals surface area contributed by atoms with Crippen molar-refractivity contribution >= 4 is 6.08 Å². The monoisotopic (exact) mass is 197 g/mol. The number of rotatable bonds is 2. The fraction of sp³-hybridized carbons (Fsp3) is 0.143. The van der Waals surface area contributed by atoms with Crippen molar-refractivity contribution in [2.24, 2.45) is 5.73 Å². The van der Waals surface area contributed by atoms with Crippen molar-refractivity contribution in [1.29, 1.82) is 0 Å². The van der Waals surface area contributed by atoms with Crippen LogP contribution < -0.4 is 5.73 Å². The molecular weight excluding hydrogens is 182 g/mol. The summed E-state index contributed by atoms with van der Waals surface area (Å²) < 4.78 is 0. The fourth-order valence-corrected chi connectivity index (χ4v) is 1.58. The molecule has 1 nitrogen and oxygen atoms in total. The van der Waals surface area contributed by atoms with Gasteiger partial charge in [-0.05, 0) is 30.1 Å². The zero-order chi connectivity index (χ0) is 10.5. The Hall–Kier alpha value is -1.76. The molecule has 0 saturated heterocycles. The lowest BCUT2D eigenvalue weighted by molar-refractivity contribution is 0.913. The Balaban J connectivity index is 2.07. The van der Waals surface area contributed by atoms with Crippen molar-refractivity contribution in [3.05, 3.63) is 65.4 Å². The van der Waals surface area contributed by atoms with Crippen LogP contribution >= 0.6 is 0 Å². The maximum atomic E-state index is 5.70. The lowest BCUT2D eigenvalue weighted by Gasteiger charge is -2.07. The number of benzene rings is 1. The van der Waals surface area contributed by atoms with E-state index in [0.717, 1.165) is 18.5 Å². The van der Waals surface area contributed by atoms with Crippen molar-refractivity contribution in [2.45, 2.75) is 12.8 Å². The van der Waals surface area contributed by atoms with E-state index in [4.69, 9.17) is 5.73 Å². The van der Waals surface area contributed by atoms with Crippen molar-refractivity contribution in [2.75, 3.05) is 0 Å². The summed E-state index contributed by atoms with van der Waals surface area (Å²) in [7, 11) is 0. The molecule has 1 aliphatic rings. The first kappa shape index (κ1) is 9.78. The first-order valence-electron chi connectivity index (χ1n) is 5.23. The van der Waals surface area contributed by atoms with Crippen LogP contribution in [0.2, 0.25) is 0 Å². The molecule has 1 heteroatoms. The zero-order valence-electron chi connectivity index (χ0n) is 8.69. The SMILES string of the molecule is NC1=CC=C(/C=C/c2ccccc2)CC1. The van der Waals surface area contributed by atoms with E-state index in [1.54, 1.807) is 0 Å². The molecule has 0 heterocycles. The molecule has 1 aromatic rings.